The van der Waals surface area contributed by atoms with Crippen LogP contribution < -0.4 is 9.46 Å². The number of hydrogen-bond donors (Lipinski definition) is 1. The molecule has 1 saturated carbocycles. The van der Waals surface area contributed by atoms with E-state index in [9.17, 15) is 18.0 Å². The van der Waals surface area contributed by atoms with E-state index in [4.69, 9.17) is 9.47 Å². The van der Waals surface area contributed by atoms with Crippen LogP contribution in [0.1, 0.15) is 49.9 Å². The summed E-state index contributed by atoms with van der Waals surface area (Å²) in [6.45, 7) is 5.01. The predicted octanol–water partition coefficient (Wildman–Crippen LogP) is 2.58. The summed E-state index contributed by atoms with van der Waals surface area (Å²) in [4.78, 5) is 30.1. The van der Waals surface area contributed by atoms with Gasteiger partial charge in [-0.2, -0.15) is 0 Å². The maximum atomic E-state index is 13.4. The summed E-state index contributed by atoms with van der Waals surface area (Å²) in [7, 11) is -0.175. The number of carbonyl (C=O) groups is 2. The molecule has 0 spiro atoms. The minimum Gasteiger partial charge on any atom is -0.491 e. The number of sulfonamides is 1. The third-order valence-electron chi connectivity index (χ3n) is 6.74. The average molecular weight is 496 g/mol. The van der Waals surface area contributed by atoms with E-state index >= 15 is 0 Å². The summed E-state index contributed by atoms with van der Waals surface area (Å²) in [5.41, 5.74) is 0.629. The molecule has 0 saturated heterocycles. The van der Waals surface area contributed by atoms with Crippen molar-refractivity contribution >= 4 is 27.5 Å². The zero-order valence-electron chi connectivity index (χ0n) is 20.7. The lowest BCUT2D eigenvalue weighted by Crippen LogP contribution is -2.50. The topological polar surface area (TPSA) is 105 Å². The first kappa shape index (κ1) is 26.3. The van der Waals surface area contributed by atoms with Crippen LogP contribution in [0.15, 0.2) is 18.2 Å². The van der Waals surface area contributed by atoms with Crippen LogP contribution >= 0.6 is 0 Å². The first-order chi connectivity index (χ1) is 16.0. The summed E-state index contributed by atoms with van der Waals surface area (Å²) < 4.78 is 37.6. The van der Waals surface area contributed by atoms with Crippen LogP contribution in [0.2, 0.25) is 0 Å². The Morgan fingerprint density at radius 2 is 1.85 bits per heavy atom. The zero-order chi connectivity index (χ0) is 25.0. The second-order valence-electron chi connectivity index (χ2n) is 9.65. The van der Waals surface area contributed by atoms with E-state index in [1.807, 2.05) is 18.7 Å². The fourth-order valence-corrected chi connectivity index (χ4v) is 5.32. The first-order valence-corrected chi connectivity index (χ1v) is 13.7. The van der Waals surface area contributed by atoms with E-state index in [1.165, 1.54) is 12.1 Å². The number of methoxy groups -OCH3 is 1. The van der Waals surface area contributed by atoms with Crippen molar-refractivity contribution in [2.75, 3.05) is 44.8 Å². The van der Waals surface area contributed by atoms with Gasteiger partial charge in [0.2, 0.25) is 15.9 Å². The number of anilines is 1. The fourth-order valence-electron chi connectivity index (χ4n) is 4.76. The van der Waals surface area contributed by atoms with Gasteiger partial charge in [0.1, 0.15) is 12.4 Å². The number of benzene rings is 1. The van der Waals surface area contributed by atoms with Crippen molar-refractivity contribution in [2.45, 2.75) is 51.7 Å². The Labute approximate surface area is 202 Å². The number of ether oxygens (including phenoxy) is 2. The normalized spacial score (nSPS) is 25.2. The molecular formula is C24H37N3O6S. The molecule has 1 fully saturated rings. The van der Waals surface area contributed by atoms with Gasteiger partial charge < -0.3 is 19.3 Å². The SMILES string of the molecule is CO[C@@H]1CN(C)C(=O)c2ccc(NS(C)(=O)=O)cc2OC[C@@H](C)N(C(=O)C2CCCC2)C[C@H]1C. The first-order valence-electron chi connectivity index (χ1n) is 11.8. The molecule has 0 aromatic heterocycles. The number of likely N-dealkylation sites (N-methyl/N-ethyl adjacent to an activating group) is 1. The minimum atomic E-state index is -3.50. The van der Waals surface area contributed by atoms with Gasteiger partial charge in [-0.25, -0.2) is 8.42 Å². The third kappa shape index (κ3) is 6.41. The molecule has 0 unspecified atom stereocenters. The molecule has 1 aliphatic heterocycles. The molecule has 34 heavy (non-hydrogen) atoms. The van der Waals surface area contributed by atoms with Crippen molar-refractivity contribution in [3.05, 3.63) is 23.8 Å². The van der Waals surface area contributed by atoms with Crippen molar-refractivity contribution in [1.29, 1.82) is 0 Å². The van der Waals surface area contributed by atoms with E-state index in [-0.39, 0.29) is 48.2 Å². The Morgan fingerprint density at radius 3 is 2.47 bits per heavy atom. The minimum absolute atomic E-state index is 0.00767. The highest BCUT2D eigenvalue weighted by Gasteiger charge is 2.34. The molecule has 190 valence electrons. The number of nitrogens with one attached hydrogen (secondary N) is 1. The van der Waals surface area contributed by atoms with Crippen LogP contribution in [0.4, 0.5) is 5.69 Å². The van der Waals surface area contributed by atoms with Crippen LogP contribution in [0.3, 0.4) is 0 Å². The number of carbonyl (C=O) groups excluding carboxylic acids is 2. The lowest BCUT2D eigenvalue weighted by molar-refractivity contribution is -0.139. The summed E-state index contributed by atoms with van der Waals surface area (Å²) in [6.07, 6.45) is 4.77. The highest BCUT2D eigenvalue weighted by molar-refractivity contribution is 7.92. The Morgan fingerprint density at radius 1 is 1.18 bits per heavy atom. The van der Waals surface area contributed by atoms with Gasteiger partial charge in [0.15, 0.2) is 0 Å². The lowest BCUT2D eigenvalue weighted by Gasteiger charge is -2.37. The highest BCUT2D eigenvalue weighted by Crippen LogP contribution is 2.30. The van der Waals surface area contributed by atoms with Gasteiger partial charge in [0.25, 0.3) is 5.91 Å². The van der Waals surface area contributed by atoms with Crippen LogP contribution in [0.5, 0.6) is 5.75 Å². The number of nitrogens with zero attached hydrogens (tertiary/aromatic N) is 2. The smallest absolute Gasteiger partial charge is 0.257 e. The maximum absolute atomic E-state index is 13.4. The average Bonchev–Trinajstić information content (AvgIpc) is 3.31. The second kappa shape index (κ2) is 10.9. The molecule has 1 aromatic carbocycles. The molecule has 0 bridgehead atoms. The molecule has 2 aliphatic rings. The predicted molar refractivity (Wildman–Crippen MR) is 130 cm³/mol. The zero-order valence-corrected chi connectivity index (χ0v) is 21.6. The molecule has 2 amide bonds. The number of fused-ring (bicyclic) bond motifs is 1. The third-order valence-corrected chi connectivity index (χ3v) is 7.34. The van der Waals surface area contributed by atoms with Crippen molar-refractivity contribution in [1.82, 2.24) is 9.80 Å². The number of rotatable bonds is 4. The van der Waals surface area contributed by atoms with Crippen LogP contribution in [0.25, 0.3) is 0 Å². The van der Waals surface area contributed by atoms with Crippen molar-refractivity contribution in [2.24, 2.45) is 11.8 Å². The molecule has 1 aromatic rings. The van der Waals surface area contributed by atoms with Crippen molar-refractivity contribution in [3.63, 3.8) is 0 Å². The molecule has 1 aliphatic carbocycles. The van der Waals surface area contributed by atoms with Gasteiger partial charge in [-0.3, -0.25) is 14.3 Å². The van der Waals surface area contributed by atoms with E-state index in [2.05, 4.69) is 4.72 Å². The number of amides is 2. The fraction of sp³-hybridized carbons (Fsp3) is 0.667. The molecule has 10 heteroatoms. The molecule has 0 radical (unpaired) electrons. The van der Waals surface area contributed by atoms with Crippen molar-refractivity contribution in [3.8, 4) is 5.75 Å². The standard InChI is InChI=1S/C24H37N3O6S/c1-16-13-27(23(28)18-8-6-7-9-18)17(2)15-33-21-12-19(25-34(5,30)31)10-11-20(21)24(29)26(3)14-22(16)32-4/h10-12,16-18,22,25H,6-9,13-15H2,1-5H3/t16-,17-,22-/m1/s1. The largest absolute Gasteiger partial charge is 0.491 e. The van der Waals surface area contributed by atoms with Gasteiger partial charge in [0, 0.05) is 45.1 Å². The van der Waals surface area contributed by atoms with Crippen LogP contribution in [-0.4, -0.2) is 82.3 Å². The number of hydrogen-bond acceptors (Lipinski definition) is 6. The Hall–Kier alpha value is -2.33. The summed E-state index contributed by atoms with van der Waals surface area (Å²) in [5.74, 6) is 0.207. The summed E-state index contributed by atoms with van der Waals surface area (Å²) in [6, 6.07) is 4.38. The molecule has 1 N–H and O–H groups in total. The van der Waals surface area contributed by atoms with Gasteiger partial charge in [-0.15, -0.1) is 0 Å². The monoisotopic (exact) mass is 495 g/mol. The van der Waals surface area contributed by atoms with E-state index in [0.717, 1.165) is 31.9 Å². The summed E-state index contributed by atoms with van der Waals surface area (Å²) in [5, 5.41) is 0. The van der Waals surface area contributed by atoms with E-state index < -0.39 is 10.0 Å². The van der Waals surface area contributed by atoms with Crippen molar-refractivity contribution < 1.29 is 27.5 Å². The van der Waals surface area contributed by atoms with Crippen LogP contribution in [-0.2, 0) is 19.6 Å². The second-order valence-corrected chi connectivity index (χ2v) is 11.4. The summed E-state index contributed by atoms with van der Waals surface area (Å²) >= 11 is 0. The van der Waals surface area contributed by atoms with E-state index in [0.29, 0.717) is 24.3 Å². The maximum Gasteiger partial charge on any atom is 0.257 e. The van der Waals surface area contributed by atoms with Crippen LogP contribution in [0, 0.1) is 11.8 Å². The Bertz CT molecular complexity index is 992. The van der Waals surface area contributed by atoms with Gasteiger partial charge >= 0.3 is 0 Å². The lowest BCUT2D eigenvalue weighted by atomic mass is 9.99. The Balaban J connectivity index is 1.97. The quantitative estimate of drug-likeness (QED) is 0.688. The molecule has 3 rings (SSSR count). The van der Waals surface area contributed by atoms with Gasteiger partial charge in [0.05, 0.1) is 29.7 Å². The molecular weight excluding hydrogens is 458 g/mol. The van der Waals surface area contributed by atoms with Gasteiger partial charge in [-0.1, -0.05) is 19.8 Å². The molecule has 3 atom stereocenters. The molecule has 9 nitrogen and oxygen atoms in total. The van der Waals surface area contributed by atoms with E-state index in [1.54, 1.807) is 25.1 Å². The molecule has 1 heterocycles. The van der Waals surface area contributed by atoms with Gasteiger partial charge in [-0.05, 0) is 31.9 Å². The Kier molecular flexibility index (Phi) is 8.46. The highest BCUT2D eigenvalue weighted by atomic mass is 32.2.